The lowest BCUT2D eigenvalue weighted by Gasteiger charge is -2.33. The van der Waals surface area contributed by atoms with Gasteiger partial charge in [0, 0.05) is 65.4 Å². The van der Waals surface area contributed by atoms with E-state index in [0.717, 1.165) is 32.6 Å². The van der Waals surface area contributed by atoms with Crippen LogP contribution in [0.3, 0.4) is 0 Å². The molecule has 0 aliphatic carbocycles. The van der Waals surface area contributed by atoms with Crippen molar-refractivity contribution in [2.45, 2.75) is 18.9 Å². The van der Waals surface area contributed by atoms with Gasteiger partial charge in [0.05, 0.1) is 0 Å². The van der Waals surface area contributed by atoms with E-state index in [0.29, 0.717) is 25.7 Å². The Morgan fingerprint density at radius 3 is 2.41 bits per heavy atom. The molecule has 0 aromatic rings. The first-order chi connectivity index (χ1) is 10.4. The summed E-state index contributed by atoms with van der Waals surface area (Å²) in [5, 5.41) is 9.83. The number of hydrogen-bond donors (Lipinski definition) is 1. The van der Waals surface area contributed by atoms with Gasteiger partial charge in [-0.1, -0.05) is 0 Å². The summed E-state index contributed by atoms with van der Waals surface area (Å²) in [7, 11) is 3.41. The van der Waals surface area contributed by atoms with E-state index < -0.39 is 11.4 Å². The lowest BCUT2D eigenvalue weighted by Crippen LogP contribution is -2.46. The molecule has 3 saturated heterocycles. The van der Waals surface area contributed by atoms with Crippen LogP contribution in [-0.2, 0) is 9.53 Å². The van der Waals surface area contributed by atoms with Crippen molar-refractivity contribution in [3.05, 3.63) is 0 Å². The summed E-state index contributed by atoms with van der Waals surface area (Å²) in [5.41, 5.74) is -0.802. The molecule has 1 N–H and O–H groups in total. The van der Waals surface area contributed by atoms with Crippen molar-refractivity contribution >= 4 is 12.0 Å². The summed E-state index contributed by atoms with van der Waals surface area (Å²) >= 11 is 0. The summed E-state index contributed by atoms with van der Waals surface area (Å²) in [5.74, 6) is -0.738. The van der Waals surface area contributed by atoms with Crippen molar-refractivity contribution in [3.63, 3.8) is 0 Å². The maximum Gasteiger partial charge on any atom is 0.319 e. The largest absolute Gasteiger partial charge is 0.481 e. The van der Waals surface area contributed by atoms with Crippen molar-refractivity contribution in [2.24, 2.45) is 11.3 Å². The normalized spacial score (nSPS) is 33.0. The van der Waals surface area contributed by atoms with Crippen molar-refractivity contribution in [1.29, 1.82) is 0 Å². The predicted molar refractivity (Wildman–Crippen MR) is 79.6 cm³/mol. The van der Waals surface area contributed by atoms with Gasteiger partial charge in [-0.15, -0.1) is 0 Å². The van der Waals surface area contributed by atoms with Crippen LogP contribution in [0.2, 0.25) is 0 Å². The highest BCUT2D eigenvalue weighted by molar-refractivity contribution is 5.80. The van der Waals surface area contributed by atoms with E-state index in [-0.39, 0.29) is 11.9 Å². The van der Waals surface area contributed by atoms with Crippen LogP contribution < -0.4 is 0 Å². The Bertz CT molecular complexity index is 464. The predicted octanol–water partition coefficient (Wildman–Crippen LogP) is 0.165. The van der Waals surface area contributed by atoms with Crippen LogP contribution in [0.15, 0.2) is 0 Å². The quantitative estimate of drug-likeness (QED) is 0.787. The molecule has 3 aliphatic rings. The van der Waals surface area contributed by atoms with E-state index >= 15 is 0 Å². The first-order valence-electron chi connectivity index (χ1n) is 7.95. The topological polar surface area (TPSA) is 73.3 Å². The summed E-state index contributed by atoms with van der Waals surface area (Å²) < 4.78 is 5.40. The molecule has 2 atom stereocenters. The average Bonchev–Trinajstić information content (AvgIpc) is 3.02. The molecule has 124 valence electrons. The molecular formula is C15H25N3O4. The maximum absolute atomic E-state index is 12.2. The van der Waals surface area contributed by atoms with E-state index in [1.165, 1.54) is 4.90 Å². The Morgan fingerprint density at radius 1 is 1.18 bits per heavy atom. The summed E-state index contributed by atoms with van der Waals surface area (Å²) in [6.07, 6.45) is 1.95. The minimum absolute atomic E-state index is 0.0248. The Hall–Kier alpha value is -1.34. The molecule has 3 aliphatic heterocycles. The monoisotopic (exact) mass is 311 g/mol. The van der Waals surface area contributed by atoms with Gasteiger partial charge < -0.3 is 19.6 Å². The lowest BCUT2D eigenvalue weighted by molar-refractivity contribution is -0.148. The molecule has 0 aromatic heterocycles. The molecule has 2 amide bonds. The van der Waals surface area contributed by atoms with Crippen molar-refractivity contribution in [2.75, 3.05) is 53.5 Å². The van der Waals surface area contributed by atoms with Crippen LogP contribution in [0, 0.1) is 11.3 Å². The molecular weight excluding hydrogens is 286 g/mol. The molecule has 3 rings (SSSR count). The van der Waals surface area contributed by atoms with Crippen LogP contribution in [0.4, 0.5) is 4.79 Å². The maximum atomic E-state index is 12.2. The van der Waals surface area contributed by atoms with Gasteiger partial charge in [0.2, 0.25) is 0 Å². The zero-order valence-electron chi connectivity index (χ0n) is 13.3. The number of aliphatic carboxylic acids is 1. The van der Waals surface area contributed by atoms with Gasteiger partial charge in [-0.3, -0.25) is 9.69 Å². The Balaban J connectivity index is 1.74. The van der Waals surface area contributed by atoms with Crippen LogP contribution >= 0.6 is 0 Å². The molecule has 7 heteroatoms. The molecule has 3 heterocycles. The number of carboxylic acids is 1. The Kier molecular flexibility index (Phi) is 4.03. The summed E-state index contributed by atoms with van der Waals surface area (Å²) in [6, 6.07) is 0.334. The summed E-state index contributed by atoms with van der Waals surface area (Å²) in [4.78, 5) is 29.7. The third-order valence-electron chi connectivity index (χ3n) is 5.42. The van der Waals surface area contributed by atoms with Crippen LogP contribution in [-0.4, -0.2) is 91.3 Å². The minimum atomic E-state index is -0.802. The second-order valence-electron chi connectivity index (χ2n) is 6.99. The summed E-state index contributed by atoms with van der Waals surface area (Å²) in [6.45, 7) is 3.71. The number of carbonyl (C=O) groups excluding carboxylic acids is 1. The van der Waals surface area contributed by atoms with Crippen molar-refractivity contribution in [3.8, 4) is 0 Å². The molecule has 0 radical (unpaired) electrons. The highest BCUT2D eigenvalue weighted by Crippen LogP contribution is 2.44. The van der Waals surface area contributed by atoms with Crippen LogP contribution in [0.25, 0.3) is 0 Å². The number of rotatable bonds is 2. The smallest absolute Gasteiger partial charge is 0.319 e. The third kappa shape index (κ3) is 2.46. The first-order valence-corrected chi connectivity index (χ1v) is 7.95. The number of hydrogen-bond acceptors (Lipinski definition) is 4. The highest BCUT2D eigenvalue weighted by Gasteiger charge is 2.59. The standard InChI is InChI=1S/C15H25N3O4/c1-16(2)14(21)18-8-11-7-17(12-3-5-22-6-4-12)9-15(11,10-18)13(19)20/h11-12H,3-10H2,1-2H3,(H,19,20). The molecule has 22 heavy (non-hydrogen) atoms. The molecule has 3 fully saturated rings. The van der Waals surface area contributed by atoms with Gasteiger partial charge in [0.25, 0.3) is 0 Å². The van der Waals surface area contributed by atoms with Gasteiger partial charge in [-0.05, 0) is 12.8 Å². The van der Waals surface area contributed by atoms with Gasteiger partial charge in [-0.25, -0.2) is 4.79 Å². The Morgan fingerprint density at radius 2 is 1.86 bits per heavy atom. The van der Waals surface area contributed by atoms with Crippen molar-refractivity contribution in [1.82, 2.24) is 14.7 Å². The fourth-order valence-electron chi connectivity index (χ4n) is 4.16. The van der Waals surface area contributed by atoms with E-state index in [2.05, 4.69) is 4.90 Å². The van der Waals surface area contributed by atoms with Gasteiger partial charge >= 0.3 is 12.0 Å². The third-order valence-corrected chi connectivity index (χ3v) is 5.42. The van der Waals surface area contributed by atoms with E-state index in [1.54, 1.807) is 19.0 Å². The number of urea groups is 1. The number of ether oxygens (including phenoxy) is 1. The molecule has 2 unspecified atom stereocenters. The minimum Gasteiger partial charge on any atom is -0.481 e. The SMILES string of the molecule is CN(C)C(=O)N1CC2CN(C3CCOCC3)CC2(C(=O)O)C1. The van der Waals surface area contributed by atoms with Gasteiger partial charge in [-0.2, -0.15) is 0 Å². The fraction of sp³-hybridized carbons (Fsp3) is 0.867. The number of carbonyl (C=O) groups is 2. The molecule has 0 saturated carbocycles. The molecule has 7 nitrogen and oxygen atoms in total. The zero-order chi connectivity index (χ0) is 15.9. The van der Waals surface area contributed by atoms with Gasteiger partial charge in [0.1, 0.15) is 5.41 Å². The average molecular weight is 311 g/mol. The number of fused-ring (bicyclic) bond motifs is 1. The molecule has 0 aromatic carbocycles. The lowest BCUT2D eigenvalue weighted by atomic mass is 9.81. The number of carboxylic acid groups (broad SMARTS) is 1. The second-order valence-corrected chi connectivity index (χ2v) is 6.99. The van der Waals surface area contributed by atoms with E-state index in [4.69, 9.17) is 4.74 Å². The molecule has 0 spiro atoms. The fourth-order valence-corrected chi connectivity index (χ4v) is 4.16. The number of nitrogens with zero attached hydrogens (tertiary/aromatic N) is 3. The first kappa shape index (κ1) is 15.6. The highest BCUT2D eigenvalue weighted by atomic mass is 16.5. The van der Waals surface area contributed by atoms with Gasteiger partial charge in [0.15, 0.2) is 0 Å². The molecule has 0 bridgehead atoms. The van der Waals surface area contributed by atoms with Crippen molar-refractivity contribution < 1.29 is 19.4 Å². The number of likely N-dealkylation sites (tertiary alicyclic amines) is 2. The Labute approximate surface area is 130 Å². The number of amides is 2. The van der Waals surface area contributed by atoms with E-state index in [1.807, 2.05) is 0 Å². The second kappa shape index (κ2) is 5.70. The van der Waals surface area contributed by atoms with Crippen LogP contribution in [0.1, 0.15) is 12.8 Å². The van der Waals surface area contributed by atoms with E-state index in [9.17, 15) is 14.7 Å². The zero-order valence-corrected chi connectivity index (χ0v) is 13.3. The van der Waals surface area contributed by atoms with Crippen LogP contribution in [0.5, 0.6) is 0 Å².